The van der Waals surface area contributed by atoms with Crippen molar-refractivity contribution in [3.05, 3.63) is 47.0 Å². The molecule has 0 aromatic carbocycles. The fraction of sp³-hybridized carbons (Fsp3) is 0.500. The predicted molar refractivity (Wildman–Crippen MR) is 132 cm³/mol. The molecule has 1 saturated carbocycles. The highest BCUT2D eigenvalue weighted by Crippen LogP contribution is 2.30. The number of ether oxygens (including phenoxy) is 1. The summed E-state index contributed by atoms with van der Waals surface area (Å²) in [6, 6.07) is 4.13. The van der Waals surface area contributed by atoms with Gasteiger partial charge in [-0.1, -0.05) is 38.9 Å². The summed E-state index contributed by atoms with van der Waals surface area (Å²) in [5, 5.41) is 0. The van der Waals surface area contributed by atoms with E-state index < -0.39 is 8.07 Å². The van der Waals surface area contributed by atoms with Gasteiger partial charge in [-0.25, -0.2) is 24.1 Å². The van der Waals surface area contributed by atoms with Crippen LogP contribution in [0, 0.1) is 5.82 Å². The first-order valence-corrected chi connectivity index (χ1v) is 15.7. The normalized spacial score (nSPS) is 15.5. The summed E-state index contributed by atoms with van der Waals surface area (Å²) in [6.45, 7) is 7.73. The van der Waals surface area contributed by atoms with Crippen LogP contribution in [-0.4, -0.2) is 43.2 Å². The molecule has 8 nitrogen and oxygen atoms in total. The summed E-state index contributed by atoms with van der Waals surface area (Å²) < 4.78 is 24.9. The van der Waals surface area contributed by atoms with Crippen LogP contribution >= 0.6 is 0 Å². The number of halogens is 1. The minimum absolute atomic E-state index is 0.106. The van der Waals surface area contributed by atoms with Crippen molar-refractivity contribution >= 4 is 24.9 Å². The molecule has 5 rings (SSSR count). The van der Waals surface area contributed by atoms with E-state index in [9.17, 15) is 9.18 Å². The number of rotatable bonds is 7. The summed E-state index contributed by atoms with van der Waals surface area (Å²) in [7, 11) is -1.23. The second-order valence-corrected chi connectivity index (χ2v) is 16.0. The van der Waals surface area contributed by atoms with Crippen molar-refractivity contribution in [2.75, 3.05) is 6.61 Å². The van der Waals surface area contributed by atoms with Crippen molar-refractivity contribution in [1.82, 2.24) is 28.5 Å². The smallest absolute Gasteiger partial charge is 0.332 e. The molecule has 1 aliphatic rings. The number of aromatic nitrogens is 6. The fourth-order valence-corrected chi connectivity index (χ4v) is 5.39. The second-order valence-electron chi connectivity index (χ2n) is 10.3. The van der Waals surface area contributed by atoms with Crippen molar-refractivity contribution < 1.29 is 9.13 Å². The summed E-state index contributed by atoms with van der Waals surface area (Å²) >= 11 is 0. The molecule has 0 unspecified atom stereocenters. The number of hydrogen-bond acceptors (Lipinski definition) is 5. The predicted octanol–water partition coefficient (Wildman–Crippen LogP) is 4.86. The van der Waals surface area contributed by atoms with E-state index in [1.165, 1.54) is 18.7 Å². The van der Waals surface area contributed by atoms with E-state index in [1.807, 2.05) is 4.57 Å². The van der Waals surface area contributed by atoms with Crippen LogP contribution in [0.25, 0.3) is 28.3 Å². The van der Waals surface area contributed by atoms with Gasteiger partial charge in [0.1, 0.15) is 29.4 Å². The van der Waals surface area contributed by atoms with Crippen molar-refractivity contribution in [3.63, 3.8) is 0 Å². The molecule has 180 valence electrons. The zero-order chi connectivity index (χ0) is 23.9. The Balaban J connectivity index is 1.57. The third kappa shape index (κ3) is 4.44. The van der Waals surface area contributed by atoms with E-state index in [0.717, 1.165) is 31.7 Å². The van der Waals surface area contributed by atoms with Gasteiger partial charge in [0.25, 0.3) is 0 Å². The molecule has 1 fully saturated rings. The maximum Gasteiger partial charge on any atom is 0.332 e. The van der Waals surface area contributed by atoms with Gasteiger partial charge in [-0.15, -0.1) is 0 Å². The van der Waals surface area contributed by atoms with E-state index in [2.05, 4.69) is 29.6 Å². The minimum atomic E-state index is -1.23. The maximum atomic E-state index is 13.9. The SMILES string of the molecule is C[Si](C)(C)CCOCn1c(=O)n(C2CCCCC2)c2nc(-c3cnc4ccc(F)cn34)ncc21. The fourth-order valence-electron chi connectivity index (χ4n) is 4.63. The van der Waals surface area contributed by atoms with Gasteiger partial charge in [0.2, 0.25) is 0 Å². The molecule has 34 heavy (non-hydrogen) atoms. The highest BCUT2D eigenvalue weighted by molar-refractivity contribution is 6.76. The van der Waals surface area contributed by atoms with Gasteiger partial charge in [0.15, 0.2) is 11.5 Å². The first kappa shape index (κ1) is 22.9. The van der Waals surface area contributed by atoms with Crippen LogP contribution in [0.15, 0.2) is 35.5 Å². The van der Waals surface area contributed by atoms with Crippen molar-refractivity contribution in [3.8, 4) is 11.5 Å². The van der Waals surface area contributed by atoms with Gasteiger partial charge < -0.3 is 4.74 Å². The summed E-state index contributed by atoms with van der Waals surface area (Å²) in [5.74, 6) is 0.0422. The Morgan fingerprint density at radius 2 is 1.91 bits per heavy atom. The van der Waals surface area contributed by atoms with Crippen LogP contribution in [0.2, 0.25) is 25.7 Å². The average molecular weight is 483 g/mol. The number of fused-ring (bicyclic) bond motifs is 2. The van der Waals surface area contributed by atoms with Crippen LogP contribution < -0.4 is 5.69 Å². The lowest BCUT2D eigenvalue weighted by Crippen LogP contribution is -2.30. The summed E-state index contributed by atoms with van der Waals surface area (Å²) in [6.07, 6.45) is 9.98. The third-order valence-electron chi connectivity index (χ3n) is 6.56. The van der Waals surface area contributed by atoms with E-state index in [1.54, 1.807) is 27.4 Å². The van der Waals surface area contributed by atoms with Gasteiger partial charge in [-0.3, -0.25) is 13.5 Å². The van der Waals surface area contributed by atoms with Crippen LogP contribution in [0.1, 0.15) is 38.1 Å². The lowest BCUT2D eigenvalue weighted by molar-refractivity contribution is 0.0867. The Morgan fingerprint density at radius 1 is 1.12 bits per heavy atom. The molecular weight excluding hydrogens is 451 g/mol. The molecule has 0 amide bonds. The number of imidazole rings is 2. The minimum Gasteiger partial charge on any atom is -0.361 e. The molecule has 0 aliphatic heterocycles. The summed E-state index contributed by atoms with van der Waals surface area (Å²) in [5.41, 5.74) is 2.34. The highest BCUT2D eigenvalue weighted by Gasteiger charge is 2.25. The molecule has 4 heterocycles. The topological polar surface area (TPSA) is 79.2 Å². The standard InChI is InChI=1S/C24H31FN6O2Si/c1-34(2,3)12-11-33-16-30-20-14-27-22(19-13-26-21-10-9-17(25)15-29(19)21)28-23(20)31(24(30)32)18-7-5-4-6-8-18/h9-10,13-15,18H,4-8,11-12,16H2,1-3H3. The average Bonchev–Trinajstić information content (AvgIpc) is 3.34. The van der Waals surface area contributed by atoms with Crippen molar-refractivity contribution in [2.45, 2.75) is 70.6 Å². The van der Waals surface area contributed by atoms with Crippen LogP contribution in [0.3, 0.4) is 0 Å². The van der Waals surface area contributed by atoms with Gasteiger partial charge in [0.05, 0.1) is 12.4 Å². The van der Waals surface area contributed by atoms with Crippen molar-refractivity contribution in [1.29, 1.82) is 0 Å². The van der Waals surface area contributed by atoms with Gasteiger partial charge >= 0.3 is 5.69 Å². The van der Waals surface area contributed by atoms with E-state index in [4.69, 9.17) is 9.72 Å². The Bertz CT molecular complexity index is 1380. The molecule has 4 aromatic rings. The van der Waals surface area contributed by atoms with E-state index in [-0.39, 0.29) is 24.3 Å². The second kappa shape index (κ2) is 9.07. The molecule has 0 saturated heterocycles. The zero-order valence-corrected chi connectivity index (χ0v) is 21.0. The van der Waals surface area contributed by atoms with Crippen LogP contribution in [-0.2, 0) is 11.5 Å². The van der Waals surface area contributed by atoms with Crippen LogP contribution in [0.4, 0.5) is 4.39 Å². The monoisotopic (exact) mass is 482 g/mol. The Labute approximate surface area is 198 Å². The maximum absolute atomic E-state index is 13.9. The molecule has 4 aromatic heterocycles. The quantitative estimate of drug-likeness (QED) is 0.278. The van der Waals surface area contributed by atoms with Crippen molar-refractivity contribution in [2.24, 2.45) is 0 Å². The molecule has 10 heteroatoms. The zero-order valence-electron chi connectivity index (χ0n) is 20.0. The van der Waals surface area contributed by atoms with Gasteiger partial charge in [0, 0.05) is 26.9 Å². The van der Waals surface area contributed by atoms with E-state index >= 15 is 0 Å². The molecule has 0 bridgehead atoms. The van der Waals surface area contributed by atoms with E-state index in [0.29, 0.717) is 34.9 Å². The third-order valence-corrected chi connectivity index (χ3v) is 8.27. The molecule has 0 radical (unpaired) electrons. The Hall–Kier alpha value is -2.85. The molecule has 0 spiro atoms. The first-order valence-electron chi connectivity index (χ1n) is 12.0. The largest absolute Gasteiger partial charge is 0.361 e. The molecule has 0 N–H and O–H groups in total. The Morgan fingerprint density at radius 3 is 2.68 bits per heavy atom. The van der Waals surface area contributed by atoms with Crippen LogP contribution in [0.5, 0.6) is 0 Å². The first-order chi connectivity index (χ1) is 16.3. The number of nitrogens with zero attached hydrogens (tertiary/aromatic N) is 6. The van der Waals surface area contributed by atoms with Gasteiger partial charge in [-0.2, -0.15) is 0 Å². The Kier molecular flexibility index (Phi) is 6.11. The number of hydrogen-bond donors (Lipinski definition) is 0. The molecule has 1 aliphatic carbocycles. The summed E-state index contributed by atoms with van der Waals surface area (Å²) in [4.78, 5) is 27.3. The van der Waals surface area contributed by atoms with Gasteiger partial charge in [-0.05, 0) is 31.0 Å². The lowest BCUT2D eigenvalue weighted by atomic mass is 9.95. The molecular formula is C24H31FN6O2Si. The lowest BCUT2D eigenvalue weighted by Gasteiger charge is -2.22. The molecule has 0 atom stereocenters. The highest BCUT2D eigenvalue weighted by atomic mass is 28.3. The number of pyridine rings is 1.